The number of nitrogens with zero attached hydrogens (tertiary/aromatic N) is 4. The van der Waals surface area contributed by atoms with Crippen LogP contribution in [0.25, 0.3) is 0 Å². The minimum atomic E-state index is 0.0393. The lowest BCUT2D eigenvalue weighted by molar-refractivity contribution is 0.207. The zero-order chi connectivity index (χ0) is 16.2. The number of likely N-dealkylation sites (N-methyl/N-ethyl adjacent to an activating group) is 1. The molecule has 2 aliphatic heterocycles. The summed E-state index contributed by atoms with van der Waals surface area (Å²) in [6.45, 7) is 8.66. The molecule has 23 heavy (non-hydrogen) atoms. The third-order valence-electron chi connectivity index (χ3n) is 4.79. The Morgan fingerprint density at radius 3 is 2.65 bits per heavy atom. The molecule has 0 radical (unpaired) electrons. The van der Waals surface area contributed by atoms with Gasteiger partial charge in [-0.15, -0.1) is 0 Å². The van der Waals surface area contributed by atoms with Gasteiger partial charge in [0, 0.05) is 52.0 Å². The van der Waals surface area contributed by atoms with Gasteiger partial charge in [0.1, 0.15) is 5.82 Å². The number of likely N-dealkylation sites (tertiary alicyclic amines) is 1. The molecule has 2 saturated heterocycles. The predicted octanol–water partition coefficient (Wildman–Crippen LogP) is 1.38. The van der Waals surface area contributed by atoms with Crippen molar-refractivity contribution in [3.63, 3.8) is 0 Å². The number of aromatic nitrogens is 1. The average Bonchev–Trinajstić information content (AvgIpc) is 3.00. The van der Waals surface area contributed by atoms with Crippen molar-refractivity contribution in [2.45, 2.75) is 19.9 Å². The van der Waals surface area contributed by atoms with Gasteiger partial charge in [0.15, 0.2) is 0 Å². The van der Waals surface area contributed by atoms with Crippen LogP contribution in [0.5, 0.6) is 0 Å². The van der Waals surface area contributed by atoms with Crippen molar-refractivity contribution in [2.24, 2.45) is 5.92 Å². The van der Waals surface area contributed by atoms with E-state index >= 15 is 0 Å². The molecule has 2 amide bonds. The zero-order valence-corrected chi connectivity index (χ0v) is 14.2. The van der Waals surface area contributed by atoms with Crippen LogP contribution in [0.4, 0.5) is 10.6 Å². The second-order valence-corrected chi connectivity index (χ2v) is 6.81. The van der Waals surface area contributed by atoms with Crippen LogP contribution in [0, 0.1) is 5.92 Å². The van der Waals surface area contributed by atoms with E-state index in [1.54, 1.807) is 0 Å². The standard InChI is InChI=1S/C17H27N5O/c1-14-5-6-22(13-14)17(23)19-12-15-3-4-16(18-11-15)21-9-7-20(2)8-10-21/h3-4,11,14H,5-10,12-13H2,1-2H3,(H,19,23). The lowest BCUT2D eigenvalue weighted by atomic mass is 10.2. The van der Waals surface area contributed by atoms with Crippen molar-refractivity contribution in [1.82, 2.24) is 20.1 Å². The van der Waals surface area contributed by atoms with E-state index in [1.165, 1.54) is 0 Å². The lowest BCUT2D eigenvalue weighted by Crippen LogP contribution is -2.44. The molecule has 0 aliphatic carbocycles. The number of nitrogens with one attached hydrogen (secondary N) is 1. The Bertz CT molecular complexity index is 524. The first-order chi connectivity index (χ1) is 11.1. The summed E-state index contributed by atoms with van der Waals surface area (Å²) >= 11 is 0. The number of hydrogen-bond donors (Lipinski definition) is 1. The fraction of sp³-hybridized carbons (Fsp3) is 0.647. The van der Waals surface area contributed by atoms with Crippen molar-refractivity contribution in [3.05, 3.63) is 23.9 Å². The first-order valence-corrected chi connectivity index (χ1v) is 8.53. The van der Waals surface area contributed by atoms with E-state index in [2.05, 4.69) is 46.2 Å². The number of pyridine rings is 1. The van der Waals surface area contributed by atoms with Crippen molar-refractivity contribution >= 4 is 11.8 Å². The van der Waals surface area contributed by atoms with Gasteiger partial charge in [-0.3, -0.25) is 0 Å². The summed E-state index contributed by atoms with van der Waals surface area (Å²) in [7, 11) is 2.15. The van der Waals surface area contributed by atoms with Crippen LogP contribution in [0.3, 0.4) is 0 Å². The minimum absolute atomic E-state index is 0.0393. The number of carbonyl (C=O) groups is 1. The Kier molecular flexibility index (Phi) is 5.00. The molecule has 3 rings (SSSR count). The van der Waals surface area contributed by atoms with E-state index < -0.39 is 0 Å². The Hall–Kier alpha value is -1.82. The van der Waals surface area contributed by atoms with Crippen LogP contribution in [0.2, 0.25) is 0 Å². The number of amides is 2. The summed E-state index contributed by atoms with van der Waals surface area (Å²) in [5.74, 6) is 1.65. The maximum absolute atomic E-state index is 12.1. The zero-order valence-electron chi connectivity index (χ0n) is 14.2. The van der Waals surface area contributed by atoms with Gasteiger partial charge in [-0.05, 0) is 31.0 Å². The minimum Gasteiger partial charge on any atom is -0.354 e. The van der Waals surface area contributed by atoms with Crippen LogP contribution >= 0.6 is 0 Å². The van der Waals surface area contributed by atoms with Crippen molar-refractivity contribution in [3.8, 4) is 0 Å². The lowest BCUT2D eigenvalue weighted by Gasteiger charge is -2.33. The highest BCUT2D eigenvalue weighted by Crippen LogP contribution is 2.16. The Labute approximate surface area is 138 Å². The van der Waals surface area contributed by atoms with Gasteiger partial charge in [0.25, 0.3) is 0 Å². The largest absolute Gasteiger partial charge is 0.354 e. The van der Waals surface area contributed by atoms with Crippen molar-refractivity contribution in [2.75, 3.05) is 51.2 Å². The van der Waals surface area contributed by atoms with Crippen molar-refractivity contribution < 1.29 is 4.79 Å². The number of anilines is 1. The fourth-order valence-corrected chi connectivity index (χ4v) is 3.15. The first-order valence-electron chi connectivity index (χ1n) is 8.53. The molecule has 1 unspecified atom stereocenters. The van der Waals surface area contributed by atoms with Gasteiger partial charge < -0.3 is 20.0 Å². The van der Waals surface area contributed by atoms with Gasteiger partial charge in [0.2, 0.25) is 0 Å². The highest BCUT2D eigenvalue weighted by molar-refractivity contribution is 5.74. The Morgan fingerprint density at radius 1 is 1.26 bits per heavy atom. The molecule has 1 aromatic rings. The van der Waals surface area contributed by atoms with Gasteiger partial charge in [0.05, 0.1) is 0 Å². The smallest absolute Gasteiger partial charge is 0.317 e. The fourth-order valence-electron chi connectivity index (χ4n) is 3.15. The number of hydrogen-bond acceptors (Lipinski definition) is 4. The maximum atomic E-state index is 12.1. The van der Waals surface area contributed by atoms with Crippen molar-refractivity contribution in [1.29, 1.82) is 0 Å². The topological polar surface area (TPSA) is 51.7 Å². The molecule has 1 aromatic heterocycles. The van der Waals surface area contributed by atoms with Gasteiger partial charge in [-0.1, -0.05) is 13.0 Å². The second-order valence-electron chi connectivity index (χ2n) is 6.81. The molecule has 2 fully saturated rings. The van der Waals surface area contributed by atoms with E-state index in [0.717, 1.165) is 57.1 Å². The first kappa shape index (κ1) is 16.1. The molecule has 2 aliphatic rings. The number of carbonyl (C=O) groups excluding carboxylic acids is 1. The maximum Gasteiger partial charge on any atom is 0.317 e. The Morgan fingerprint density at radius 2 is 2.04 bits per heavy atom. The van der Waals surface area contributed by atoms with Crippen LogP contribution in [-0.4, -0.2) is 67.1 Å². The Balaban J connectivity index is 1.48. The summed E-state index contributed by atoms with van der Waals surface area (Å²) in [6.07, 6.45) is 2.98. The molecule has 1 atom stereocenters. The molecule has 6 heteroatoms. The van der Waals surface area contributed by atoms with Gasteiger partial charge in [-0.25, -0.2) is 9.78 Å². The quantitative estimate of drug-likeness (QED) is 0.915. The van der Waals surface area contributed by atoms with Gasteiger partial charge >= 0.3 is 6.03 Å². The summed E-state index contributed by atoms with van der Waals surface area (Å²) < 4.78 is 0. The van der Waals surface area contributed by atoms with E-state index in [0.29, 0.717) is 12.5 Å². The molecule has 0 saturated carbocycles. The van der Waals surface area contributed by atoms with Crippen LogP contribution < -0.4 is 10.2 Å². The highest BCUT2D eigenvalue weighted by Gasteiger charge is 2.22. The van der Waals surface area contributed by atoms with E-state index in [-0.39, 0.29) is 6.03 Å². The molecular formula is C17H27N5O. The third kappa shape index (κ3) is 4.13. The number of piperazine rings is 1. The molecule has 1 N–H and O–H groups in total. The van der Waals surface area contributed by atoms with E-state index in [4.69, 9.17) is 0 Å². The molecule has 0 bridgehead atoms. The number of rotatable bonds is 3. The normalized spacial score (nSPS) is 22.4. The van der Waals surface area contributed by atoms with Gasteiger partial charge in [-0.2, -0.15) is 0 Å². The SMILES string of the molecule is CC1CCN(C(=O)NCc2ccc(N3CCN(C)CC3)nc2)C1. The molecule has 0 spiro atoms. The number of urea groups is 1. The molecule has 6 nitrogen and oxygen atoms in total. The van der Waals surface area contributed by atoms with E-state index in [1.807, 2.05) is 11.1 Å². The van der Waals surface area contributed by atoms with Crippen LogP contribution in [0.15, 0.2) is 18.3 Å². The summed E-state index contributed by atoms with van der Waals surface area (Å²) in [5, 5.41) is 2.99. The predicted molar refractivity (Wildman–Crippen MR) is 91.5 cm³/mol. The average molecular weight is 317 g/mol. The highest BCUT2D eigenvalue weighted by atomic mass is 16.2. The molecule has 0 aromatic carbocycles. The summed E-state index contributed by atoms with van der Waals surface area (Å²) in [4.78, 5) is 23.2. The molecule has 126 valence electrons. The van der Waals surface area contributed by atoms with Crippen LogP contribution in [-0.2, 0) is 6.54 Å². The molecule has 3 heterocycles. The van der Waals surface area contributed by atoms with Crippen LogP contribution in [0.1, 0.15) is 18.9 Å². The summed E-state index contributed by atoms with van der Waals surface area (Å²) in [6, 6.07) is 4.16. The summed E-state index contributed by atoms with van der Waals surface area (Å²) in [5.41, 5.74) is 1.04. The third-order valence-corrected chi connectivity index (χ3v) is 4.79. The monoisotopic (exact) mass is 317 g/mol. The second kappa shape index (κ2) is 7.17. The van der Waals surface area contributed by atoms with E-state index in [9.17, 15) is 4.79 Å². The molecular weight excluding hydrogens is 290 g/mol.